The van der Waals surface area contributed by atoms with E-state index < -0.39 is 95.3 Å². The number of aliphatic hydroxyl groups excluding tert-OH is 1. The Morgan fingerprint density at radius 3 is 2.48 bits per heavy atom. The van der Waals surface area contributed by atoms with Crippen LogP contribution in [-0.4, -0.2) is 83.9 Å². The van der Waals surface area contributed by atoms with E-state index in [0.717, 1.165) is 11.1 Å². The van der Waals surface area contributed by atoms with E-state index in [-0.39, 0.29) is 67.3 Å². The van der Waals surface area contributed by atoms with Crippen molar-refractivity contribution in [3.8, 4) is 5.75 Å². The molecule has 5 fully saturated rings. The predicted molar refractivity (Wildman–Crippen MR) is 226 cm³/mol. The Hall–Kier alpha value is -4.96. The van der Waals surface area contributed by atoms with Crippen molar-refractivity contribution in [3.63, 3.8) is 0 Å². The van der Waals surface area contributed by atoms with Gasteiger partial charge in [-0.3, -0.25) is 24.0 Å². The Labute approximate surface area is 371 Å². The Morgan fingerprint density at radius 1 is 1.00 bits per heavy atom. The molecule has 3 N–H and O–H groups in total. The van der Waals surface area contributed by atoms with Gasteiger partial charge in [-0.25, -0.2) is 4.39 Å². The smallest absolute Gasteiger partial charge is 0.303 e. The van der Waals surface area contributed by atoms with Crippen molar-refractivity contribution in [2.24, 2.45) is 34.5 Å². The summed E-state index contributed by atoms with van der Waals surface area (Å²) < 4.78 is 59.5. The molecule has 0 bridgehead atoms. The summed E-state index contributed by atoms with van der Waals surface area (Å²) in [5, 5.41) is 12.3. The zero-order chi connectivity index (χ0) is 45.9. The van der Waals surface area contributed by atoms with Crippen molar-refractivity contribution in [1.82, 2.24) is 0 Å². The summed E-state index contributed by atoms with van der Waals surface area (Å²) in [5.41, 5.74) is 5.51. The molecule has 5 aliphatic carbocycles. The van der Waals surface area contributed by atoms with Gasteiger partial charge in [0.2, 0.25) is 0 Å². The van der Waals surface area contributed by atoms with Gasteiger partial charge in [0.15, 0.2) is 35.0 Å². The van der Waals surface area contributed by atoms with Gasteiger partial charge in [0.25, 0.3) is 0 Å². The minimum absolute atomic E-state index is 0.0377. The molecule has 6 aliphatic rings. The highest BCUT2D eigenvalue weighted by Crippen LogP contribution is 2.70. The molecule has 15 heteroatoms. The van der Waals surface area contributed by atoms with Gasteiger partial charge in [-0.2, -0.15) is 0 Å². The molecule has 4 saturated carbocycles. The number of nitrogens with two attached hydrogens (primary N) is 1. The molecule has 2 aromatic rings. The maximum Gasteiger partial charge on any atom is 0.303 e. The van der Waals surface area contributed by atoms with E-state index in [1.165, 1.54) is 26.8 Å². The van der Waals surface area contributed by atoms with Gasteiger partial charge < -0.3 is 44.0 Å². The molecular formula is C49H58FNO13. The van der Waals surface area contributed by atoms with E-state index >= 15 is 9.18 Å². The minimum Gasteiger partial charge on any atom is -0.486 e. The molecule has 8 rings (SSSR count). The Kier molecular flexibility index (Phi) is 12.4. The van der Waals surface area contributed by atoms with Crippen LogP contribution in [-0.2, 0) is 59.0 Å². The number of ether oxygens (including phenoxy) is 7. The summed E-state index contributed by atoms with van der Waals surface area (Å²) in [7, 11) is 0. The highest BCUT2D eigenvalue weighted by molar-refractivity contribution is 6.01. The maximum absolute atomic E-state index is 16.8. The second-order valence-electron chi connectivity index (χ2n) is 19.0. The number of rotatable bonds is 12. The summed E-state index contributed by atoms with van der Waals surface area (Å²) in [6.45, 7) is 8.86. The topological polar surface area (TPSA) is 196 Å². The van der Waals surface area contributed by atoms with Crippen LogP contribution in [0.2, 0.25) is 0 Å². The fourth-order valence-electron chi connectivity index (χ4n) is 12.4. The maximum atomic E-state index is 16.8. The van der Waals surface area contributed by atoms with Crippen molar-refractivity contribution in [2.75, 3.05) is 18.9 Å². The second kappa shape index (κ2) is 17.4. The number of nitrogen functional groups attached to an aromatic ring is 1. The lowest BCUT2D eigenvalue weighted by molar-refractivity contribution is -0.205. The van der Waals surface area contributed by atoms with Crippen LogP contribution >= 0.6 is 0 Å². The lowest BCUT2D eigenvalue weighted by Crippen LogP contribution is -2.63. The average molecular weight is 888 g/mol. The number of halogens is 1. The Bertz CT molecular complexity index is 2280. The van der Waals surface area contributed by atoms with E-state index in [1.54, 1.807) is 43.3 Å². The number of benzene rings is 2. The van der Waals surface area contributed by atoms with Crippen molar-refractivity contribution < 1.29 is 66.6 Å². The predicted octanol–water partition coefficient (Wildman–Crippen LogP) is 6.13. The number of carbonyl (C=O) groups excluding carboxylic acids is 5. The molecule has 1 saturated heterocycles. The standard InChI is InChI=1S/C49H58FNO13/c1-25-10-13-38(60-22-29-8-7-9-32(51)16-29)44(50)42(25)46-63-41-20-36-35-12-11-31-18-33(55)14-15-47(31,5)43(35)37(56)21-48(36,6)49(41,64-46)40(57)24-59-34-17-30(23-58-26(2)52)45(62-28(4)54)39(19-34)61-27(3)53/h7-10,13-16,18,30,34-37,39,41,43,45-46,56H,11-12,17,19-24,51H2,1-6H3/t30-,34-,35+,36?,37+,39-,41-,43?,45+,46+,47+,48+,49-/m1/s1. The zero-order valence-electron chi connectivity index (χ0n) is 37.1. The molecule has 0 spiro atoms. The second-order valence-corrected chi connectivity index (χ2v) is 19.0. The number of hydrogen-bond acceptors (Lipinski definition) is 14. The SMILES string of the molecule is CC(=O)OC[C@H]1C[C@@H](OCC(=O)[C@@]23O[C@@H](c4c(C)ccc(OCc5cccc(N)c5)c4F)O[C@@H]2CC2[C@@H]4CCC5=CC(=O)C=C[C@]5(C)C4[C@@H](O)C[C@@]23C)C[C@@H](OC(C)=O)[C@H]1OC(C)=O. The van der Waals surface area contributed by atoms with Gasteiger partial charge in [-0.1, -0.05) is 43.7 Å². The van der Waals surface area contributed by atoms with E-state index in [0.29, 0.717) is 30.5 Å². The van der Waals surface area contributed by atoms with Crippen molar-refractivity contribution in [3.05, 3.63) is 82.7 Å². The molecule has 0 aromatic heterocycles. The molecule has 1 aliphatic heterocycles. The number of fused-ring (bicyclic) bond motifs is 7. The molecule has 344 valence electrons. The lowest BCUT2D eigenvalue weighted by Gasteiger charge is -2.59. The molecule has 64 heavy (non-hydrogen) atoms. The number of allylic oxidation sites excluding steroid dienone is 4. The summed E-state index contributed by atoms with van der Waals surface area (Å²) in [5.74, 6) is -4.21. The van der Waals surface area contributed by atoms with Gasteiger partial charge in [0.1, 0.15) is 25.4 Å². The molecule has 0 radical (unpaired) electrons. The van der Waals surface area contributed by atoms with Gasteiger partial charge >= 0.3 is 17.9 Å². The van der Waals surface area contributed by atoms with Crippen molar-refractivity contribution in [1.29, 1.82) is 0 Å². The van der Waals surface area contributed by atoms with E-state index in [1.807, 2.05) is 19.1 Å². The van der Waals surface area contributed by atoms with Gasteiger partial charge in [0.05, 0.1) is 30.5 Å². The van der Waals surface area contributed by atoms with Crippen LogP contribution in [0.5, 0.6) is 5.75 Å². The minimum atomic E-state index is -1.72. The molecule has 13 atom stereocenters. The first-order valence-corrected chi connectivity index (χ1v) is 22.2. The number of aliphatic hydroxyl groups is 1. The molecule has 2 unspecified atom stereocenters. The first-order valence-electron chi connectivity index (χ1n) is 22.2. The van der Waals surface area contributed by atoms with Crippen LogP contribution in [0.25, 0.3) is 0 Å². The van der Waals surface area contributed by atoms with Gasteiger partial charge in [-0.05, 0) is 92.3 Å². The monoisotopic (exact) mass is 887 g/mol. The third kappa shape index (κ3) is 8.06. The molecular weight excluding hydrogens is 830 g/mol. The number of carbonyl (C=O) groups is 5. The number of Topliss-reactive ketones (excluding diaryl/α,β-unsaturated/α-hetero) is 1. The number of esters is 3. The number of aryl methyl sites for hydroxylation is 1. The molecule has 0 amide bonds. The molecule has 1 heterocycles. The lowest BCUT2D eigenvalue weighted by atomic mass is 9.46. The first kappa shape index (κ1) is 45.6. The number of ketones is 2. The van der Waals surface area contributed by atoms with Crippen molar-refractivity contribution >= 4 is 35.2 Å². The van der Waals surface area contributed by atoms with Crippen LogP contribution in [0.1, 0.15) is 96.1 Å². The summed E-state index contributed by atoms with van der Waals surface area (Å²) in [6, 6.07) is 10.3. The van der Waals surface area contributed by atoms with Crippen molar-refractivity contribution in [2.45, 2.75) is 129 Å². The van der Waals surface area contributed by atoms with E-state index in [9.17, 15) is 24.3 Å². The van der Waals surface area contributed by atoms with Crippen LogP contribution in [0.15, 0.2) is 60.2 Å². The number of hydrogen-bond donors (Lipinski definition) is 2. The van der Waals surface area contributed by atoms with Crippen LogP contribution in [0, 0.1) is 47.2 Å². The largest absolute Gasteiger partial charge is 0.486 e. The third-order valence-electron chi connectivity index (χ3n) is 15.1. The van der Waals surface area contributed by atoms with Gasteiger partial charge in [-0.15, -0.1) is 0 Å². The zero-order valence-corrected chi connectivity index (χ0v) is 37.1. The third-order valence-corrected chi connectivity index (χ3v) is 15.1. The highest BCUT2D eigenvalue weighted by atomic mass is 19.1. The fraction of sp³-hybridized carbons (Fsp3) is 0.571. The molecule has 14 nitrogen and oxygen atoms in total. The highest BCUT2D eigenvalue weighted by Gasteiger charge is 2.76. The first-order chi connectivity index (χ1) is 30.3. The summed E-state index contributed by atoms with van der Waals surface area (Å²) in [4.78, 5) is 64.2. The number of anilines is 1. The Balaban J connectivity index is 1.12. The van der Waals surface area contributed by atoms with Crippen LogP contribution in [0.4, 0.5) is 10.1 Å². The average Bonchev–Trinajstić information content (AvgIpc) is 3.72. The molecule has 2 aromatic carbocycles. The van der Waals surface area contributed by atoms with Gasteiger partial charge in [0, 0.05) is 55.5 Å². The summed E-state index contributed by atoms with van der Waals surface area (Å²) in [6.07, 6.45) is 1.54. The fourth-order valence-corrected chi connectivity index (χ4v) is 12.4. The van der Waals surface area contributed by atoms with Crippen LogP contribution in [0.3, 0.4) is 0 Å². The quantitative estimate of drug-likeness (QED) is 0.140. The Morgan fingerprint density at radius 2 is 1.77 bits per heavy atom. The normalized spacial score (nSPS) is 36.1. The summed E-state index contributed by atoms with van der Waals surface area (Å²) >= 11 is 0. The van der Waals surface area contributed by atoms with Crippen LogP contribution < -0.4 is 10.5 Å². The van der Waals surface area contributed by atoms with E-state index in [4.69, 9.17) is 38.9 Å². The van der Waals surface area contributed by atoms with E-state index in [2.05, 4.69) is 6.92 Å².